The maximum atomic E-state index is 15.4. The molecule has 0 spiro atoms. The number of carbonyl (C=O) groups is 3. The number of fused-ring (bicyclic) bond motifs is 2. The van der Waals surface area contributed by atoms with E-state index in [-0.39, 0.29) is 48.6 Å². The van der Waals surface area contributed by atoms with E-state index in [0.717, 1.165) is 22.9 Å². The molecule has 4 aromatic rings. The van der Waals surface area contributed by atoms with Crippen molar-refractivity contribution >= 4 is 60.4 Å². The third-order valence-electron chi connectivity index (χ3n) is 6.88. The molecule has 0 aliphatic heterocycles. The van der Waals surface area contributed by atoms with Crippen molar-refractivity contribution in [2.45, 2.75) is 32.6 Å². The van der Waals surface area contributed by atoms with E-state index in [1.165, 1.54) is 43.8 Å². The summed E-state index contributed by atoms with van der Waals surface area (Å²) in [6.07, 6.45) is 2.12. The zero-order chi connectivity index (χ0) is 29.3. The number of rotatable bonds is 14. The minimum Gasteiger partial charge on any atom is -0.493 e. The number of carbonyl (C=O) groups excluding carboxylic acids is 2. The first-order valence-corrected chi connectivity index (χ1v) is 14.8. The van der Waals surface area contributed by atoms with Crippen molar-refractivity contribution in [2.24, 2.45) is 11.8 Å². The number of ether oxygens (including phenoxy) is 4. The fraction of sp³-hybridized carbons (Fsp3) is 0.367. The summed E-state index contributed by atoms with van der Waals surface area (Å²) in [4.78, 5) is 37.2. The van der Waals surface area contributed by atoms with Gasteiger partial charge in [-0.05, 0) is 36.4 Å². The van der Waals surface area contributed by atoms with Crippen molar-refractivity contribution in [3.8, 4) is 23.0 Å². The Balaban J connectivity index is 1.23. The summed E-state index contributed by atoms with van der Waals surface area (Å²) in [5, 5.41) is 10.2. The number of aliphatic carboxylic acids is 1. The third kappa shape index (κ3) is 6.15. The molecule has 0 saturated heterocycles. The number of benzene rings is 2. The van der Waals surface area contributed by atoms with Gasteiger partial charge >= 0.3 is 5.97 Å². The second kappa shape index (κ2) is 12.0. The van der Waals surface area contributed by atoms with Crippen LogP contribution >= 0.6 is 22.7 Å². The molecule has 1 aliphatic rings. The predicted octanol–water partition coefficient (Wildman–Crippen LogP) is 7.01. The normalized spacial score (nSPS) is 13.8. The smallest absolute Gasteiger partial charge is 0.306 e. The molecule has 1 fully saturated rings. The molecule has 11 heteroatoms. The quantitative estimate of drug-likeness (QED) is 0.122. The number of Topliss-reactive ketones (excluding diaryl/α,β-unsaturated/α-hetero) is 2. The summed E-state index contributed by atoms with van der Waals surface area (Å²) >= 11 is 2.54. The van der Waals surface area contributed by atoms with E-state index in [4.69, 9.17) is 24.1 Å². The Bertz CT molecular complexity index is 1630. The lowest BCUT2D eigenvalue weighted by Gasteiger charge is -2.13. The fourth-order valence-corrected chi connectivity index (χ4v) is 6.52. The van der Waals surface area contributed by atoms with Crippen LogP contribution in [0.1, 0.15) is 52.0 Å². The lowest BCUT2D eigenvalue weighted by Crippen LogP contribution is -2.13. The molecule has 2 heterocycles. The Morgan fingerprint density at radius 3 is 2.29 bits per heavy atom. The standard InChI is InChI=1S/C30H29FO8S2/c1-15(30(34)35)9-19(32)25-11-17-10-21(20(36-2)13-23(17)40-25)38-7-4-8-39-29-22(37-3)14-24-18(27(29)31)12-26(41-24)28(33)16-5-6-16/h10-16H,4-9H2,1-3H3,(H,34,35)/t15-/m0/s1. The average molecular weight is 601 g/mol. The molecular formula is C30H29FO8S2. The molecule has 1 saturated carbocycles. The summed E-state index contributed by atoms with van der Waals surface area (Å²) in [5.74, 6) is -1.21. The highest BCUT2D eigenvalue weighted by Crippen LogP contribution is 2.42. The van der Waals surface area contributed by atoms with Crippen molar-refractivity contribution in [1.29, 1.82) is 0 Å². The molecular weight excluding hydrogens is 571 g/mol. The van der Waals surface area contributed by atoms with Crippen LogP contribution in [0.5, 0.6) is 23.0 Å². The number of hydrogen-bond acceptors (Lipinski definition) is 9. The first-order valence-electron chi connectivity index (χ1n) is 13.2. The molecule has 0 radical (unpaired) electrons. The van der Waals surface area contributed by atoms with Crippen LogP contribution in [0, 0.1) is 17.7 Å². The Morgan fingerprint density at radius 1 is 0.927 bits per heavy atom. The predicted molar refractivity (Wildman–Crippen MR) is 155 cm³/mol. The van der Waals surface area contributed by atoms with Crippen LogP contribution in [0.2, 0.25) is 0 Å². The summed E-state index contributed by atoms with van der Waals surface area (Å²) in [6.45, 7) is 1.91. The van der Waals surface area contributed by atoms with Gasteiger partial charge in [-0.15, -0.1) is 22.7 Å². The number of methoxy groups -OCH3 is 2. The molecule has 0 bridgehead atoms. The molecule has 1 atom stereocenters. The number of carboxylic acid groups (broad SMARTS) is 1. The molecule has 2 aromatic carbocycles. The van der Waals surface area contributed by atoms with Crippen molar-refractivity contribution in [3.05, 3.63) is 45.9 Å². The zero-order valence-corrected chi connectivity index (χ0v) is 24.4. The Kier molecular flexibility index (Phi) is 8.46. The van der Waals surface area contributed by atoms with Gasteiger partial charge in [-0.2, -0.15) is 0 Å². The largest absolute Gasteiger partial charge is 0.493 e. The Labute approximate surface area is 243 Å². The van der Waals surface area contributed by atoms with Crippen LogP contribution in [0.3, 0.4) is 0 Å². The summed E-state index contributed by atoms with van der Waals surface area (Å²) in [6, 6.07) is 8.58. The number of carboxylic acids is 1. The van der Waals surface area contributed by atoms with E-state index in [9.17, 15) is 14.4 Å². The van der Waals surface area contributed by atoms with Gasteiger partial charge in [-0.3, -0.25) is 14.4 Å². The first kappa shape index (κ1) is 28.8. The van der Waals surface area contributed by atoms with Gasteiger partial charge in [-0.25, -0.2) is 4.39 Å². The van der Waals surface area contributed by atoms with Gasteiger partial charge < -0.3 is 24.1 Å². The summed E-state index contributed by atoms with van der Waals surface area (Å²) in [7, 11) is 2.96. The molecule has 2 aromatic heterocycles. The molecule has 0 unspecified atom stereocenters. The SMILES string of the molecule is COc1cc2sc(C(=O)C[C@H](C)C(=O)O)cc2cc1OCCCOc1c(OC)cc2sc(C(=O)C3CC3)cc2c1F. The van der Waals surface area contributed by atoms with Gasteiger partial charge in [0.2, 0.25) is 0 Å². The van der Waals surface area contributed by atoms with Crippen LogP contribution in [-0.2, 0) is 4.79 Å². The lowest BCUT2D eigenvalue weighted by molar-refractivity contribution is -0.141. The fourth-order valence-electron chi connectivity index (χ4n) is 4.39. The minimum absolute atomic E-state index is 0.00472. The maximum absolute atomic E-state index is 15.4. The van der Waals surface area contributed by atoms with Crippen LogP contribution in [-0.4, -0.2) is 50.1 Å². The van der Waals surface area contributed by atoms with E-state index < -0.39 is 17.7 Å². The van der Waals surface area contributed by atoms with Crippen molar-refractivity contribution in [2.75, 3.05) is 27.4 Å². The van der Waals surface area contributed by atoms with Gasteiger partial charge in [0.1, 0.15) is 0 Å². The van der Waals surface area contributed by atoms with Gasteiger partial charge in [0.15, 0.2) is 40.4 Å². The Morgan fingerprint density at radius 2 is 1.61 bits per heavy atom. The van der Waals surface area contributed by atoms with Crippen molar-refractivity contribution < 1.29 is 42.8 Å². The molecule has 0 amide bonds. The number of ketones is 2. The molecule has 216 valence electrons. The first-order chi connectivity index (χ1) is 19.7. The second-order valence-electron chi connectivity index (χ2n) is 9.95. The van der Waals surface area contributed by atoms with Crippen LogP contribution in [0.15, 0.2) is 30.3 Å². The Hall–Kier alpha value is -3.70. The van der Waals surface area contributed by atoms with E-state index in [1.54, 1.807) is 30.3 Å². The van der Waals surface area contributed by atoms with Gasteiger partial charge in [0.05, 0.1) is 43.1 Å². The summed E-state index contributed by atoms with van der Waals surface area (Å²) in [5.41, 5.74) is 0. The van der Waals surface area contributed by atoms with E-state index in [1.807, 2.05) is 0 Å². The van der Waals surface area contributed by atoms with Crippen LogP contribution in [0.4, 0.5) is 4.39 Å². The average Bonchev–Trinajstić information content (AvgIpc) is 3.58. The highest BCUT2D eigenvalue weighted by molar-refractivity contribution is 7.21. The van der Waals surface area contributed by atoms with E-state index >= 15 is 4.39 Å². The number of thiophene rings is 2. The van der Waals surface area contributed by atoms with E-state index in [2.05, 4.69) is 0 Å². The third-order valence-corrected chi connectivity index (χ3v) is 9.11. The minimum atomic E-state index is -1.01. The second-order valence-corrected chi connectivity index (χ2v) is 12.1. The zero-order valence-electron chi connectivity index (χ0n) is 22.8. The number of hydrogen-bond donors (Lipinski definition) is 1. The molecule has 41 heavy (non-hydrogen) atoms. The monoisotopic (exact) mass is 600 g/mol. The van der Waals surface area contributed by atoms with Gasteiger partial charge in [0, 0.05) is 45.7 Å². The molecule has 5 rings (SSSR count). The van der Waals surface area contributed by atoms with Crippen molar-refractivity contribution in [1.82, 2.24) is 0 Å². The maximum Gasteiger partial charge on any atom is 0.306 e. The highest BCUT2D eigenvalue weighted by atomic mass is 32.1. The van der Waals surface area contributed by atoms with Crippen molar-refractivity contribution in [3.63, 3.8) is 0 Å². The van der Waals surface area contributed by atoms with Gasteiger partial charge in [0.25, 0.3) is 0 Å². The topological polar surface area (TPSA) is 108 Å². The lowest BCUT2D eigenvalue weighted by atomic mass is 10.0. The number of halogens is 1. The molecule has 1 N–H and O–H groups in total. The molecule has 1 aliphatic carbocycles. The highest BCUT2D eigenvalue weighted by Gasteiger charge is 2.32. The van der Waals surface area contributed by atoms with E-state index in [0.29, 0.717) is 37.8 Å². The summed E-state index contributed by atoms with van der Waals surface area (Å²) < 4.78 is 39.4. The van der Waals surface area contributed by atoms with Gasteiger partial charge in [-0.1, -0.05) is 6.92 Å². The molecule has 8 nitrogen and oxygen atoms in total. The van der Waals surface area contributed by atoms with Crippen LogP contribution in [0.25, 0.3) is 20.2 Å². The van der Waals surface area contributed by atoms with Crippen LogP contribution < -0.4 is 18.9 Å².